The van der Waals surface area contributed by atoms with Crippen LogP contribution in [0.2, 0.25) is 0 Å². The number of hydrogen-bond acceptors (Lipinski definition) is 7. The fraction of sp³-hybridized carbons (Fsp3) is 0.640. The molecule has 0 bridgehead atoms. The predicted octanol–water partition coefficient (Wildman–Crippen LogP) is 2.08. The Hall–Kier alpha value is -2.81. The number of rotatable bonds is 8. The molecule has 3 rings (SSSR count). The van der Waals surface area contributed by atoms with Crippen LogP contribution in [-0.4, -0.2) is 88.3 Å². The lowest BCUT2D eigenvalue weighted by Crippen LogP contribution is -2.52. The SMILES string of the molecule is CCOC(=O)[C@H]1CCCN(C(=O)[C@H]2C[C@H](c3ccc(OC)c(OC)c3)CN(C(=O)COC)C2)C1. The molecule has 0 aromatic heterocycles. The number of likely N-dealkylation sites (tertiary alicyclic amines) is 2. The van der Waals surface area contributed by atoms with E-state index in [1.165, 1.54) is 7.11 Å². The van der Waals surface area contributed by atoms with Crippen molar-refractivity contribution in [1.29, 1.82) is 0 Å². The van der Waals surface area contributed by atoms with E-state index < -0.39 is 0 Å². The Balaban J connectivity index is 1.81. The molecule has 0 saturated carbocycles. The van der Waals surface area contributed by atoms with E-state index >= 15 is 0 Å². The largest absolute Gasteiger partial charge is 0.493 e. The third-order valence-electron chi connectivity index (χ3n) is 6.65. The van der Waals surface area contributed by atoms with Gasteiger partial charge in [0, 0.05) is 39.2 Å². The predicted molar refractivity (Wildman–Crippen MR) is 125 cm³/mol. The molecular weight excluding hydrogens is 440 g/mol. The Bertz CT molecular complexity index is 875. The summed E-state index contributed by atoms with van der Waals surface area (Å²) in [6.07, 6.45) is 2.08. The molecule has 2 aliphatic rings. The number of ether oxygens (including phenoxy) is 4. The fourth-order valence-electron chi connectivity index (χ4n) is 4.93. The van der Waals surface area contributed by atoms with Crippen LogP contribution in [0.4, 0.5) is 0 Å². The highest BCUT2D eigenvalue weighted by Gasteiger charge is 2.38. The summed E-state index contributed by atoms with van der Waals surface area (Å²) in [6.45, 7) is 3.88. The Kier molecular flexibility index (Phi) is 9.15. The van der Waals surface area contributed by atoms with Crippen LogP contribution < -0.4 is 9.47 Å². The van der Waals surface area contributed by atoms with Crippen molar-refractivity contribution in [2.75, 3.05) is 60.7 Å². The quantitative estimate of drug-likeness (QED) is 0.530. The topological polar surface area (TPSA) is 94.6 Å². The number of nitrogens with zero attached hydrogens (tertiary/aromatic N) is 2. The van der Waals surface area contributed by atoms with Gasteiger partial charge in [0.1, 0.15) is 6.61 Å². The zero-order valence-electron chi connectivity index (χ0n) is 20.6. The Morgan fingerprint density at radius 2 is 1.71 bits per heavy atom. The van der Waals surface area contributed by atoms with Gasteiger partial charge in [-0.05, 0) is 43.9 Å². The zero-order valence-corrected chi connectivity index (χ0v) is 20.6. The molecule has 2 saturated heterocycles. The normalized spacial score (nSPS) is 22.8. The monoisotopic (exact) mass is 476 g/mol. The van der Waals surface area contributed by atoms with Crippen LogP contribution in [0.25, 0.3) is 0 Å². The Morgan fingerprint density at radius 1 is 0.971 bits per heavy atom. The van der Waals surface area contributed by atoms with E-state index in [0.29, 0.717) is 50.7 Å². The fourth-order valence-corrected chi connectivity index (χ4v) is 4.93. The van der Waals surface area contributed by atoms with Gasteiger partial charge in [-0.1, -0.05) is 6.07 Å². The molecule has 1 aromatic carbocycles. The maximum atomic E-state index is 13.6. The van der Waals surface area contributed by atoms with Gasteiger partial charge < -0.3 is 28.7 Å². The summed E-state index contributed by atoms with van der Waals surface area (Å²) in [5.41, 5.74) is 0.980. The second-order valence-electron chi connectivity index (χ2n) is 8.85. The molecule has 0 spiro atoms. The minimum absolute atomic E-state index is 0.0191. The first kappa shape index (κ1) is 25.8. The summed E-state index contributed by atoms with van der Waals surface area (Å²) < 4.78 is 21.1. The zero-order chi connectivity index (χ0) is 24.7. The van der Waals surface area contributed by atoms with Gasteiger partial charge in [0.2, 0.25) is 11.8 Å². The molecule has 9 nitrogen and oxygen atoms in total. The number of carbonyl (C=O) groups is 3. The highest BCUT2D eigenvalue weighted by Crippen LogP contribution is 2.36. The summed E-state index contributed by atoms with van der Waals surface area (Å²) in [5, 5.41) is 0. The molecule has 0 unspecified atom stereocenters. The standard InChI is InChI=1S/C25H36N2O7/c1-5-34-25(30)18-7-6-10-26(13-18)24(29)20-11-19(14-27(15-20)23(28)16-31-2)17-8-9-21(32-3)22(12-17)33-4/h8-9,12,18-20H,5-7,10-11,13-16H2,1-4H3/t18-,19-,20-/m0/s1. The van der Waals surface area contributed by atoms with E-state index in [-0.39, 0.29) is 42.1 Å². The Morgan fingerprint density at radius 3 is 2.38 bits per heavy atom. The highest BCUT2D eigenvalue weighted by molar-refractivity contribution is 5.83. The van der Waals surface area contributed by atoms with Gasteiger partial charge in [0.25, 0.3) is 0 Å². The maximum Gasteiger partial charge on any atom is 0.310 e. The second kappa shape index (κ2) is 12.1. The number of hydrogen-bond donors (Lipinski definition) is 0. The maximum absolute atomic E-state index is 13.6. The van der Waals surface area contributed by atoms with Crippen molar-refractivity contribution in [1.82, 2.24) is 9.80 Å². The van der Waals surface area contributed by atoms with E-state index in [2.05, 4.69) is 0 Å². The first-order valence-corrected chi connectivity index (χ1v) is 11.9. The minimum atomic E-state index is -0.367. The van der Waals surface area contributed by atoms with Crippen molar-refractivity contribution >= 4 is 17.8 Å². The molecule has 2 aliphatic heterocycles. The molecule has 34 heavy (non-hydrogen) atoms. The van der Waals surface area contributed by atoms with Crippen LogP contribution in [0, 0.1) is 11.8 Å². The molecule has 0 aliphatic carbocycles. The number of carbonyl (C=O) groups excluding carboxylic acids is 3. The lowest BCUT2D eigenvalue weighted by atomic mass is 9.83. The summed E-state index contributed by atoms with van der Waals surface area (Å²) in [5.74, 6) is 0.111. The molecule has 2 heterocycles. The minimum Gasteiger partial charge on any atom is -0.493 e. The van der Waals surface area contributed by atoms with Crippen LogP contribution in [0.1, 0.15) is 37.7 Å². The second-order valence-corrected chi connectivity index (χ2v) is 8.85. The van der Waals surface area contributed by atoms with E-state index in [0.717, 1.165) is 18.4 Å². The summed E-state index contributed by atoms with van der Waals surface area (Å²) >= 11 is 0. The Labute approximate surface area is 201 Å². The molecule has 0 radical (unpaired) electrons. The van der Waals surface area contributed by atoms with Crippen molar-refractivity contribution in [3.63, 3.8) is 0 Å². The first-order valence-electron chi connectivity index (χ1n) is 11.9. The number of piperidine rings is 2. The number of methoxy groups -OCH3 is 3. The molecular formula is C25H36N2O7. The third kappa shape index (κ3) is 6.00. The smallest absolute Gasteiger partial charge is 0.310 e. The lowest BCUT2D eigenvalue weighted by Gasteiger charge is -2.40. The van der Waals surface area contributed by atoms with Crippen LogP contribution in [0.15, 0.2) is 18.2 Å². The molecule has 2 amide bonds. The van der Waals surface area contributed by atoms with Gasteiger partial charge >= 0.3 is 5.97 Å². The average Bonchev–Trinajstić information content (AvgIpc) is 2.87. The van der Waals surface area contributed by atoms with Crippen LogP contribution in [-0.2, 0) is 23.9 Å². The van der Waals surface area contributed by atoms with Crippen molar-refractivity contribution in [2.24, 2.45) is 11.8 Å². The van der Waals surface area contributed by atoms with Crippen LogP contribution in [0.3, 0.4) is 0 Å². The van der Waals surface area contributed by atoms with Gasteiger partial charge in [-0.15, -0.1) is 0 Å². The van der Waals surface area contributed by atoms with Crippen molar-refractivity contribution in [3.8, 4) is 11.5 Å². The van der Waals surface area contributed by atoms with Gasteiger partial charge in [-0.3, -0.25) is 14.4 Å². The molecule has 188 valence electrons. The van der Waals surface area contributed by atoms with E-state index in [1.54, 1.807) is 30.9 Å². The first-order chi connectivity index (χ1) is 16.4. The molecule has 2 fully saturated rings. The molecule has 9 heteroatoms. The lowest BCUT2D eigenvalue weighted by molar-refractivity contribution is -0.152. The number of esters is 1. The third-order valence-corrected chi connectivity index (χ3v) is 6.65. The van der Waals surface area contributed by atoms with Crippen molar-refractivity contribution in [3.05, 3.63) is 23.8 Å². The number of amides is 2. The van der Waals surface area contributed by atoms with E-state index in [9.17, 15) is 14.4 Å². The van der Waals surface area contributed by atoms with E-state index in [1.807, 2.05) is 18.2 Å². The molecule has 0 N–H and O–H groups in total. The van der Waals surface area contributed by atoms with Crippen LogP contribution >= 0.6 is 0 Å². The van der Waals surface area contributed by atoms with E-state index in [4.69, 9.17) is 18.9 Å². The average molecular weight is 477 g/mol. The summed E-state index contributed by atoms with van der Waals surface area (Å²) in [6, 6.07) is 5.71. The summed E-state index contributed by atoms with van der Waals surface area (Å²) in [4.78, 5) is 42.0. The van der Waals surface area contributed by atoms with Gasteiger partial charge in [-0.25, -0.2) is 0 Å². The number of benzene rings is 1. The highest BCUT2D eigenvalue weighted by atomic mass is 16.5. The summed E-state index contributed by atoms with van der Waals surface area (Å²) in [7, 11) is 4.65. The molecule has 3 atom stereocenters. The van der Waals surface area contributed by atoms with Gasteiger partial charge in [0.15, 0.2) is 11.5 Å². The van der Waals surface area contributed by atoms with Crippen molar-refractivity contribution in [2.45, 2.75) is 32.1 Å². The van der Waals surface area contributed by atoms with Crippen molar-refractivity contribution < 1.29 is 33.3 Å². The van der Waals surface area contributed by atoms with Gasteiger partial charge in [-0.2, -0.15) is 0 Å². The van der Waals surface area contributed by atoms with Gasteiger partial charge in [0.05, 0.1) is 32.7 Å². The molecule has 1 aromatic rings. The van der Waals surface area contributed by atoms with Crippen LogP contribution in [0.5, 0.6) is 11.5 Å².